The molecule has 43 heavy (non-hydrogen) atoms. The van der Waals surface area contributed by atoms with Gasteiger partial charge in [-0.05, 0) is 12.0 Å². The number of nitrogen functional groups attached to an aromatic ring is 1. The van der Waals surface area contributed by atoms with E-state index in [0.29, 0.717) is 12.2 Å². The van der Waals surface area contributed by atoms with Gasteiger partial charge in [-0.2, -0.15) is 0 Å². The molecular formula is C18H20N6O14P3S2-3. The maximum Gasteiger partial charge on any atom is 0.279 e. The summed E-state index contributed by atoms with van der Waals surface area (Å²) < 4.78 is 40.8. The molecule has 0 spiro atoms. The van der Waals surface area contributed by atoms with Crippen LogP contribution < -0.4 is 20.4 Å². The van der Waals surface area contributed by atoms with E-state index in [1.165, 1.54) is 34.8 Å². The predicted molar refractivity (Wildman–Crippen MR) is 143 cm³/mol. The number of nitro groups is 1. The SMILES string of the molecule is Nc1nc(SCCc2ccc([N+](=O)[O-])cc2)nc2c1ncn2[C@@H]1O[C@H](COP([O-])(=S)OP(=O)([O-])OP(=O)([O-])O)[C@@H](O)[C@H]1O. The van der Waals surface area contributed by atoms with Gasteiger partial charge in [0.1, 0.15) is 30.5 Å². The molecule has 0 amide bonds. The van der Waals surface area contributed by atoms with E-state index in [-0.39, 0.29) is 27.8 Å². The number of anilines is 1. The lowest BCUT2D eigenvalue weighted by atomic mass is 10.1. The number of aliphatic hydroxyl groups excluding tert-OH is 2. The molecule has 20 nitrogen and oxygen atoms in total. The third-order valence-electron chi connectivity index (χ3n) is 5.61. The molecule has 7 atom stereocenters. The minimum absolute atomic E-state index is 0.00605. The fourth-order valence-corrected chi connectivity index (χ4v) is 8.41. The number of hydrogen-bond acceptors (Lipinski definition) is 19. The summed E-state index contributed by atoms with van der Waals surface area (Å²) >= 11 is 5.59. The summed E-state index contributed by atoms with van der Waals surface area (Å²) in [6.45, 7) is -5.93. The largest absolute Gasteiger partial charge is 0.779 e. The van der Waals surface area contributed by atoms with Crippen molar-refractivity contribution in [3.8, 4) is 0 Å². The zero-order valence-electron chi connectivity index (χ0n) is 21.1. The average molecular weight is 701 g/mol. The molecular weight excluding hydrogens is 681 g/mol. The third-order valence-corrected chi connectivity index (χ3v) is 11.1. The number of aromatic nitrogens is 4. The molecule has 1 aliphatic heterocycles. The van der Waals surface area contributed by atoms with Crippen molar-refractivity contribution >= 4 is 68.6 Å². The highest BCUT2D eigenvalue weighted by Gasteiger charge is 2.45. The number of hydrogen-bond donors (Lipinski definition) is 4. The number of aryl methyl sites for hydroxylation is 1. The number of nitrogens with two attached hydrogens (primary N) is 1. The molecule has 0 saturated carbocycles. The number of thioether (sulfide) groups is 1. The highest BCUT2D eigenvalue weighted by Crippen LogP contribution is 2.61. The number of ether oxygens (including phenoxy) is 1. The quantitative estimate of drug-likeness (QED) is 0.0536. The van der Waals surface area contributed by atoms with Crippen LogP contribution in [0.15, 0.2) is 35.7 Å². The number of fused-ring (bicyclic) bond motifs is 1. The van der Waals surface area contributed by atoms with Crippen LogP contribution in [0.4, 0.5) is 11.5 Å². The summed E-state index contributed by atoms with van der Waals surface area (Å²) in [6.07, 6.45) is -4.47. The molecule has 1 aliphatic rings. The van der Waals surface area contributed by atoms with Crippen LogP contribution in [0.25, 0.3) is 11.2 Å². The molecule has 236 valence electrons. The summed E-state index contributed by atoms with van der Waals surface area (Å²) in [7, 11) is -11.8. The molecule has 0 radical (unpaired) electrons. The maximum absolute atomic E-state index is 12.2. The van der Waals surface area contributed by atoms with Gasteiger partial charge in [0.2, 0.25) is 0 Å². The lowest BCUT2D eigenvalue weighted by Crippen LogP contribution is -2.34. The van der Waals surface area contributed by atoms with Crippen molar-refractivity contribution in [3.05, 3.63) is 46.3 Å². The third kappa shape index (κ3) is 8.82. The molecule has 0 aliphatic carbocycles. The summed E-state index contributed by atoms with van der Waals surface area (Å²) in [5, 5.41) is 32.1. The standard InChI is InChI=1S/C18H23N6O14P3S2/c19-15-12-16(22-18(21-15)43-6-5-9-1-3-10(4-2-9)24(27)28)23(8-20-12)17-14(26)13(25)11(36-17)7-35-41(34,42)38-40(32,33)37-39(29,30)31/h1-4,8,11,13-14,17,25-26H,5-7H2,(H,32,33)(H,34,42)(H2,19,21,22)(H2,29,30,31)/p-3/t11-,13-,14-,17-,41?/m1/s1. The first-order valence-electron chi connectivity index (χ1n) is 11.6. The van der Waals surface area contributed by atoms with Crippen molar-refractivity contribution in [1.29, 1.82) is 0 Å². The summed E-state index contributed by atoms with van der Waals surface area (Å²) in [6, 6.07) is 6.03. The van der Waals surface area contributed by atoms with Crippen LogP contribution in [-0.4, -0.2) is 70.2 Å². The van der Waals surface area contributed by atoms with E-state index in [4.69, 9.17) is 19.9 Å². The second-order valence-corrected chi connectivity index (χ2v) is 15.3. The van der Waals surface area contributed by atoms with E-state index in [1.807, 2.05) is 0 Å². The highest BCUT2D eigenvalue weighted by atomic mass is 32.5. The predicted octanol–water partition coefficient (Wildman–Crippen LogP) is -1.17. The molecule has 1 aromatic carbocycles. The zero-order valence-corrected chi connectivity index (χ0v) is 25.4. The number of benzene rings is 1. The van der Waals surface area contributed by atoms with Gasteiger partial charge in [0.15, 0.2) is 22.8 Å². The Hall–Kier alpha value is -1.97. The molecule has 3 unspecified atom stereocenters. The number of rotatable bonds is 13. The molecule has 2 aromatic heterocycles. The first kappa shape index (κ1) is 33.9. The van der Waals surface area contributed by atoms with Gasteiger partial charge >= 0.3 is 0 Å². The van der Waals surface area contributed by atoms with Crippen LogP contribution in [0.1, 0.15) is 11.8 Å². The van der Waals surface area contributed by atoms with E-state index in [0.717, 1.165) is 5.56 Å². The van der Waals surface area contributed by atoms with E-state index in [1.54, 1.807) is 12.1 Å². The number of aliphatic hydroxyl groups is 2. The van der Waals surface area contributed by atoms with E-state index >= 15 is 0 Å². The lowest BCUT2D eigenvalue weighted by Gasteiger charge is -2.35. The van der Waals surface area contributed by atoms with E-state index in [2.05, 4.69) is 35.4 Å². The van der Waals surface area contributed by atoms with Crippen LogP contribution in [0.5, 0.6) is 0 Å². The number of phosphoric acid groups is 2. The summed E-state index contributed by atoms with van der Waals surface area (Å²) in [5.74, 6) is 0.459. The van der Waals surface area contributed by atoms with Gasteiger partial charge in [0.25, 0.3) is 21.3 Å². The number of non-ortho nitro benzene ring substituents is 1. The topological polar surface area (TPSA) is 314 Å². The van der Waals surface area contributed by atoms with Crippen molar-refractivity contribution in [1.82, 2.24) is 19.5 Å². The van der Waals surface area contributed by atoms with Crippen LogP contribution >= 0.6 is 34.1 Å². The second kappa shape index (κ2) is 13.2. The van der Waals surface area contributed by atoms with Crippen LogP contribution in [0.2, 0.25) is 0 Å². The number of nitro benzene ring substituents is 1. The van der Waals surface area contributed by atoms with Crippen molar-refractivity contribution < 1.29 is 61.7 Å². The Labute approximate surface area is 250 Å². The molecule has 1 fully saturated rings. The number of imidazole rings is 1. The Morgan fingerprint density at radius 3 is 2.44 bits per heavy atom. The maximum atomic E-state index is 12.2. The van der Waals surface area contributed by atoms with Gasteiger partial charge in [-0.1, -0.05) is 35.7 Å². The Morgan fingerprint density at radius 2 is 1.81 bits per heavy atom. The van der Waals surface area contributed by atoms with Crippen LogP contribution in [0.3, 0.4) is 0 Å². The Balaban J connectivity index is 1.43. The molecule has 25 heteroatoms. The fraction of sp³-hybridized carbons (Fsp3) is 0.389. The first-order chi connectivity index (χ1) is 19.9. The van der Waals surface area contributed by atoms with E-state index < -0.39 is 58.4 Å². The van der Waals surface area contributed by atoms with Crippen LogP contribution in [0, 0.1) is 10.1 Å². The van der Waals surface area contributed by atoms with Crippen molar-refractivity contribution in [2.45, 2.75) is 36.1 Å². The number of nitrogens with zero attached hydrogens (tertiary/aromatic N) is 5. The summed E-state index contributed by atoms with van der Waals surface area (Å²) in [4.78, 5) is 65.8. The minimum Gasteiger partial charge on any atom is -0.779 e. The lowest BCUT2D eigenvalue weighted by molar-refractivity contribution is -0.384. The molecule has 3 aromatic rings. The van der Waals surface area contributed by atoms with E-state index in [9.17, 15) is 44.1 Å². The molecule has 3 heterocycles. The normalized spacial score (nSPS) is 24.8. The molecule has 0 bridgehead atoms. The van der Waals surface area contributed by atoms with Gasteiger partial charge in [0.05, 0.1) is 17.9 Å². The average Bonchev–Trinajstić information content (AvgIpc) is 3.42. The highest BCUT2D eigenvalue weighted by molar-refractivity contribution is 8.07. The van der Waals surface area contributed by atoms with Gasteiger partial charge in [-0.3, -0.25) is 28.1 Å². The van der Waals surface area contributed by atoms with Crippen LogP contribution in [-0.2, 0) is 45.2 Å². The van der Waals surface area contributed by atoms with Crippen molar-refractivity contribution in [2.75, 3.05) is 18.1 Å². The van der Waals surface area contributed by atoms with Gasteiger partial charge in [0, 0.05) is 17.9 Å². The Kier molecular flexibility index (Phi) is 10.4. The smallest absolute Gasteiger partial charge is 0.279 e. The minimum atomic E-state index is -5.93. The fourth-order valence-electron chi connectivity index (χ4n) is 3.76. The Morgan fingerprint density at radius 1 is 1.14 bits per heavy atom. The molecule has 1 saturated heterocycles. The molecule has 4 rings (SSSR count). The van der Waals surface area contributed by atoms with Crippen molar-refractivity contribution in [2.24, 2.45) is 0 Å². The monoisotopic (exact) mass is 701 g/mol. The molecule has 5 N–H and O–H groups in total. The first-order valence-corrected chi connectivity index (χ1v) is 18.1. The van der Waals surface area contributed by atoms with Crippen molar-refractivity contribution in [3.63, 3.8) is 0 Å². The van der Waals surface area contributed by atoms with Gasteiger partial charge in [-0.25, -0.2) is 19.3 Å². The summed E-state index contributed by atoms with van der Waals surface area (Å²) in [5.41, 5.74) is 7.07. The second-order valence-electron chi connectivity index (χ2n) is 8.61. The van der Waals surface area contributed by atoms with Gasteiger partial charge < -0.3 is 44.8 Å². The zero-order chi connectivity index (χ0) is 31.7. The Bertz CT molecular complexity index is 1640. The van der Waals surface area contributed by atoms with Gasteiger partial charge in [-0.15, -0.1) is 0 Å².